The molecular weight excluding hydrogens is 256 g/mol. The number of rotatable bonds is 6. The zero-order valence-electron chi connectivity index (χ0n) is 14.2. The summed E-state index contributed by atoms with van der Waals surface area (Å²) in [5, 5.41) is 3.54. The maximum Gasteiger partial charge on any atom is 0.0236 e. The minimum atomic E-state index is 0.537. The highest BCUT2D eigenvalue weighted by Crippen LogP contribution is 2.27. The lowest BCUT2D eigenvalue weighted by Gasteiger charge is -2.34. The second-order valence-electron chi connectivity index (χ2n) is 7.15. The van der Waals surface area contributed by atoms with Gasteiger partial charge < -0.3 is 5.32 Å². The normalized spacial score (nSPS) is 23.0. The Labute approximate surface area is 130 Å². The van der Waals surface area contributed by atoms with Gasteiger partial charge in [-0.1, -0.05) is 57.9 Å². The Balaban J connectivity index is 1.97. The van der Waals surface area contributed by atoms with E-state index in [-0.39, 0.29) is 0 Å². The molecule has 1 fully saturated rings. The van der Waals surface area contributed by atoms with Crippen LogP contribution in [-0.2, 0) is 13.1 Å². The maximum atomic E-state index is 3.54. The average Bonchev–Trinajstić information content (AvgIpc) is 2.46. The van der Waals surface area contributed by atoms with Crippen molar-refractivity contribution in [1.82, 2.24) is 10.2 Å². The lowest BCUT2D eigenvalue weighted by atomic mass is 9.86. The van der Waals surface area contributed by atoms with Gasteiger partial charge in [-0.2, -0.15) is 0 Å². The summed E-state index contributed by atoms with van der Waals surface area (Å²) in [5.74, 6) is 0.893. The molecule has 0 aromatic heterocycles. The fraction of sp³-hybridized carbons (Fsp3) is 0.684. The van der Waals surface area contributed by atoms with Gasteiger partial charge in [0, 0.05) is 25.2 Å². The van der Waals surface area contributed by atoms with E-state index in [0.717, 1.165) is 25.0 Å². The third kappa shape index (κ3) is 5.12. The molecule has 1 aliphatic rings. The Kier molecular flexibility index (Phi) is 6.25. The summed E-state index contributed by atoms with van der Waals surface area (Å²) in [6.07, 6.45) is 5.54. The van der Waals surface area contributed by atoms with Crippen molar-refractivity contribution in [1.29, 1.82) is 0 Å². The minimum absolute atomic E-state index is 0.537. The van der Waals surface area contributed by atoms with Crippen molar-refractivity contribution in [3.63, 3.8) is 0 Å². The standard InChI is InChI=1S/C19H32N2/c1-15(2)20-13-17-9-5-6-10-18(17)14-21(4)19-11-7-8-16(3)12-19/h5-6,9-10,15-16,19-20H,7-8,11-14H2,1-4H3. The van der Waals surface area contributed by atoms with Gasteiger partial charge in [-0.25, -0.2) is 0 Å². The molecular formula is C19H32N2. The average molecular weight is 288 g/mol. The van der Waals surface area contributed by atoms with Crippen molar-refractivity contribution in [3.05, 3.63) is 35.4 Å². The van der Waals surface area contributed by atoms with Gasteiger partial charge in [0.15, 0.2) is 0 Å². The molecule has 1 N–H and O–H groups in total. The van der Waals surface area contributed by atoms with Crippen LogP contribution in [0.25, 0.3) is 0 Å². The van der Waals surface area contributed by atoms with Crippen LogP contribution in [0.3, 0.4) is 0 Å². The van der Waals surface area contributed by atoms with Crippen LogP contribution in [0, 0.1) is 5.92 Å². The molecule has 0 aliphatic heterocycles. The van der Waals surface area contributed by atoms with Crippen molar-refractivity contribution in [2.75, 3.05) is 7.05 Å². The molecule has 1 saturated carbocycles. The molecule has 0 amide bonds. The van der Waals surface area contributed by atoms with Crippen molar-refractivity contribution in [2.24, 2.45) is 5.92 Å². The molecule has 1 aromatic rings. The van der Waals surface area contributed by atoms with E-state index >= 15 is 0 Å². The third-order valence-electron chi connectivity index (χ3n) is 4.77. The lowest BCUT2D eigenvalue weighted by Crippen LogP contribution is -2.35. The number of nitrogens with zero attached hydrogens (tertiary/aromatic N) is 1. The van der Waals surface area contributed by atoms with E-state index in [1.807, 2.05) is 0 Å². The van der Waals surface area contributed by atoms with Gasteiger partial charge in [0.2, 0.25) is 0 Å². The van der Waals surface area contributed by atoms with Crippen LogP contribution in [0.2, 0.25) is 0 Å². The van der Waals surface area contributed by atoms with Gasteiger partial charge in [-0.3, -0.25) is 4.90 Å². The zero-order chi connectivity index (χ0) is 15.2. The van der Waals surface area contributed by atoms with E-state index in [0.29, 0.717) is 6.04 Å². The second kappa shape index (κ2) is 7.95. The fourth-order valence-corrected chi connectivity index (χ4v) is 3.40. The Hall–Kier alpha value is -0.860. The number of hydrogen-bond acceptors (Lipinski definition) is 2. The summed E-state index contributed by atoms with van der Waals surface area (Å²) in [4.78, 5) is 2.57. The van der Waals surface area contributed by atoms with Gasteiger partial charge >= 0.3 is 0 Å². The minimum Gasteiger partial charge on any atom is -0.310 e. The molecule has 0 saturated heterocycles. The molecule has 2 atom stereocenters. The number of nitrogens with one attached hydrogen (secondary N) is 1. The molecule has 21 heavy (non-hydrogen) atoms. The first-order valence-electron chi connectivity index (χ1n) is 8.56. The third-order valence-corrected chi connectivity index (χ3v) is 4.77. The largest absolute Gasteiger partial charge is 0.310 e. The highest BCUT2D eigenvalue weighted by molar-refractivity contribution is 5.27. The Morgan fingerprint density at radius 2 is 1.90 bits per heavy atom. The molecule has 1 aromatic carbocycles. The SMILES string of the molecule is CC1CCCC(N(C)Cc2ccccc2CNC(C)C)C1. The van der Waals surface area contributed by atoms with Gasteiger partial charge in [-0.05, 0) is 36.9 Å². The monoisotopic (exact) mass is 288 g/mol. The molecule has 2 unspecified atom stereocenters. The molecule has 2 rings (SSSR count). The van der Waals surface area contributed by atoms with E-state index < -0.39 is 0 Å². The summed E-state index contributed by atoms with van der Waals surface area (Å²) in [6.45, 7) is 8.87. The van der Waals surface area contributed by atoms with Crippen LogP contribution in [0.1, 0.15) is 57.6 Å². The first-order valence-corrected chi connectivity index (χ1v) is 8.56. The van der Waals surface area contributed by atoms with Gasteiger partial charge in [0.05, 0.1) is 0 Å². The van der Waals surface area contributed by atoms with E-state index in [9.17, 15) is 0 Å². The first-order chi connectivity index (χ1) is 10.1. The van der Waals surface area contributed by atoms with Gasteiger partial charge in [0.25, 0.3) is 0 Å². The zero-order valence-corrected chi connectivity index (χ0v) is 14.2. The summed E-state index contributed by atoms with van der Waals surface area (Å²) in [7, 11) is 2.30. The Morgan fingerprint density at radius 3 is 2.57 bits per heavy atom. The lowest BCUT2D eigenvalue weighted by molar-refractivity contribution is 0.157. The van der Waals surface area contributed by atoms with Crippen molar-refractivity contribution in [2.45, 2.75) is 71.6 Å². The van der Waals surface area contributed by atoms with E-state index in [2.05, 4.69) is 62.3 Å². The van der Waals surface area contributed by atoms with E-state index in [1.165, 1.54) is 36.8 Å². The predicted octanol–water partition coefficient (Wildman–Crippen LogP) is 4.20. The maximum absolute atomic E-state index is 3.54. The van der Waals surface area contributed by atoms with Gasteiger partial charge in [-0.15, -0.1) is 0 Å². The van der Waals surface area contributed by atoms with Crippen LogP contribution in [-0.4, -0.2) is 24.0 Å². The Bertz CT molecular complexity index is 427. The first kappa shape index (κ1) is 16.5. The number of hydrogen-bond donors (Lipinski definition) is 1. The molecule has 2 heteroatoms. The van der Waals surface area contributed by atoms with Crippen LogP contribution >= 0.6 is 0 Å². The summed E-state index contributed by atoms with van der Waals surface area (Å²) in [6, 6.07) is 10.2. The summed E-state index contributed by atoms with van der Waals surface area (Å²) < 4.78 is 0. The smallest absolute Gasteiger partial charge is 0.0236 e. The topological polar surface area (TPSA) is 15.3 Å². The van der Waals surface area contributed by atoms with Gasteiger partial charge in [0.1, 0.15) is 0 Å². The van der Waals surface area contributed by atoms with Crippen molar-refractivity contribution in [3.8, 4) is 0 Å². The van der Waals surface area contributed by atoms with Crippen molar-refractivity contribution < 1.29 is 0 Å². The molecule has 0 radical (unpaired) electrons. The summed E-state index contributed by atoms with van der Waals surface area (Å²) in [5.41, 5.74) is 2.92. The van der Waals surface area contributed by atoms with Crippen molar-refractivity contribution >= 4 is 0 Å². The molecule has 2 nitrogen and oxygen atoms in total. The molecule has 118 valence electrons. The quantitative estimate of drug-likeness (QED) is 0.844. The fourth-order valence-electron chi connectivity index (χ4n) is 3.40. The Morgan fingerprint density at radius 1 is 1.19 bits per heavy atom. The number of benzene rings is 1. The van der Waals surface area contributed by atoms with Crippen LogP contribution < -0.4 is 5.32 Å². The second-order valence-corrected chi connectivity index (χ2v) is 7.15. The molecule has 0 spiro atoms. The van der Waals surface area contributed by atoms with Crippen LogP contribution in [0.4, 0.5) is 0 Å². The highest BCUT2D eigenvalue weighted by atomic mass is 15.1. The van der Waals surface area contributed by atoms with E-state index in [1.54, 1.807) is 0 Å². The van der Waals surface area contributed by atoms with Crippen LogP contribution in [0.5, 0.6) is 0 Å². The molecule has 1 aliphatic carbocycles. The van der Waals surface area contributed by atoms with E-state index in [4.69, 9.17) is 0 Å². The molecule has 0 heterocycles. The summed E-state index contributed by atoms with van der Waals surface area (Å²) >= 11 is 0. The predicted molar refractivity (Wildman–Crippen MR) is 91.3 cm³/mol. The highest BCUT2D eigenvalue weighted by Gasteiger charge is 2.22. The molecule has 0 bridgehead atoms. The van der Waals surface area contributed by atoms with Crippen LogP contribution in [0.15, 0.2) is 24.3 Å².